The fourth-order valence-electron chi connectivity index (χ4n) is 5.79. The molecule has 0 spiro atoms. The molecule has 0 N–H and O–H groups in total. The van der Waals surface area contributed by atoms with E-state index in [1.807, 2.05) is 24.3 Å². The summed E-state index contributed by atoms with van der Waals surface area (Å²) >= 11 is 0. The number of rotatable bonds is 10. The fraction of sp³-hybridized carbons (Fsp3) is 0.382. The van der Waals surface area contributed by atoms with Gasteiger partial charge in [-0.15, -0.1) is 0 Å². The van der Waals surface area contributed by atoms with Crippen molar-refractivity contribution in [2.24, 2.45) is 11.3 Å². The van der Waals surface area contributed by atoms with Gasteiger partial charge in [-0.1, -0.05) is 32.1 Å². The number of allylic oxidation sites excluding steroid dienone is 2. The first kappa shape index (κ1) is 27.9. The zero-order chi connectivity index (χ0) is 28.4. The molecule has 0 saturated heterocycles. The lowest BCUT2D eigenvalue weighted by molar-refractivity contribution is -0.141. The van der Waals surface area contributed by atoms with E-state index >= 15 is 8.78 Å². The van der Waals surface area contributed by atoms with E-state index in [-0.39, 0.29) is 23.9 Å². The minimum atomic E-state index is -0.463. The van der Waals surface area contributed by atoms with Crippen LogP contribution in [-0.2, 0) is 16.1 Å². The van der Waals surface area contributed by atoms with Gasteiger partial charge in [-0.05, 0) is 108 Å². The van der Waals surface area contributed by atoms with Gasteiger partial charge in [0.1, 0.15) is 29.7 Å². The van der Waals surface area contributed by atoms with Crippen molar-refractivity contribution in [3.05, 3.63) is 89.0 Å². The normalized spacial score (nSPS) is 16.8. The Kier molecular flexibility index (Phi) is 7.97. The van der Waals surface area contributed by atoms with Crippen molar-refractivity contribution in [1.82, 2.24) is 0 Å². The lowest BCUT2D eigenvalue weighted by Gasteiger charge is -2.26. The van der Waals surface area contributed by atoms with Crippen molar-refractivity contribution < 1.29 is 27.8 Å². The highest BCUT2D eigenvalue weighted by Gasteiger charge is 2.34. The number of esters is 1. The van der Waals surface area contributed by atoms with Crippen molar-refractivity contribution in [3.63, 3.8) is 0 Å². The molecule has 3 aromatic carbocycles. The van der Waals surface area contributed by atoms with Crippen molar-refractivity contribution >= 4 is 11.5 Å². The number of halogens is 2. The molecule has 0 heterocycles. The van der Waals surface area contributed by atoms with E-state index < -0.39 is 11.6 Å². The Bertz CT molecular complexity index is 1440. The summed E-state index contributed by atoms with van der Waals surface area (Å²) < 4.78 is 47.0. The fourth-order valence-corrected chi connectivity index (χ4v) is 5.79. The van der Waals surface area contributed by atoms with Gasteiger partial charge in [0.05, 0.1) is 20.6 Å². The van der Waals surface area contributed by atoms with E-state index in [0.29, 0.717) is 40.5 Å². The number of hydrogen-bond acceptors (Lipinski definition) is 4. The lowest BCUT2D eigenvalue weighted by atomic mass is 9.79. The van der Waals surface area contributed by atoms with Crippen molar-refractivity contribution in [2.75, 3.05) is 14.2 Å². The number of ether oxygens (including phenoxy) is 3. The smallest absolute Gasteiger partial charge is 0.306 e. The predicted octanol–water partition coefficient (Wildman–Crippen LogP) is 8.48. The van der Waals surface area contributed by atoms with Crippen LogP contribution in [0.1, 0.15) is 68.6 Å². The lowest BCUT2D eigenvalue weighted by Crippen LogP contribution is -2.11. The number of benzene rings is 3. The highest BCUT2D eigenvalue weighted by atomic mass is 19.1. The first-order chi connectivity index (χ1) is 19.2. The predicted molar refractivity (Wildman–Crippen MR) is 152 cm³/mol. The minimum absolute atomic E-state index is 0.0158. The first-order valence-corrected chi connectivity index (χ1v) is 13.9. The second kappa shape index (κ2) is 11.4. The summed E-state index contributed by atoms with van der Waals surface area (Å²) in [5.41, 5.74) is 3.95. The van der Waals surface area contributed by atoms with Gasteiger partial charge in [-0.2, -0.15) is 0 Å². The summed E-state index contributed by atoms with van der Waals surface area (Å²) in [6, 6.07) is 15.4. The van der Waals surface area contributed by atoms with Crippen LogP contribution < -0.4 is 9.47 Å². The van der Waals surface area contributed by atoms with Gasteiger partial charge in [0.15, 0.2) is 0 Å². The monoisotopic (exact) mass is 546 g/mol. The molecule has 1 saturated carbocycles. The SMILES string of the molecule is COC(=O)C[C@@H](c1cccc(OCc2cc(C3=CCCC3(C)C)c(-c3cc(OC)ccc3F)cc2F)c1)C1CC1. The third-order valence-electron chi connectivity index (χ3n) is 8.27. The maximum atomic E-state index is 15.6. The minimum Gasteiger partial charge on any atom is -0.497 e. The molecule has 5 rings (SSSR count). The molecule has 6 heteroatoms. The zero-order valence-electron chi connectivity index (χ0n) is 23.6. The summed E-state index contributed by atoms with van der Waals surface area (Å²) in [5.74, 6) is 0.527. The van der Waals surface area contributed by atoms with Crippen LogP contribution in [0.3, 0.4) is 0 Å². The van der Waals surface area contributed by atoms with Crippen LogP contribution in [-0.4, -0.2) is 20.2 Å². The molecule has 0 bridgehead atoms. The Labute approximate surface area is 235 Å². The van der Waals surface area contributed by atoms with Gasteiger partial charge < -0.3 is 14.2 Å². The quantitative estimate of drug-likeness (QED) is 0.239. The van der Waals surface area contributed by atoms with E-state index in [9.17, 15) is 4.79 Å². The Morgan fingerprint density at radius 1 is 0.950 bits per heavy atom. The maximum absolute atomic E-state index is 15.6. The number of hydrogen-bond donors (Lipinski definition) is 0. The first-order valence-electron chi connectivity index (χ1n) is 13.9. The van der Waals surface area contributed by atoms with Crippen LogP contribution in [0, 0.1) is 23.0 Å². The van der Waals surface area contributed by atoms with E-state index in [2.05, 4.69) is 19.9 Å². The molecule has 1 atom stereocenters. The topological polar surface area (TPSA) is 44.8 Å². The Morgan fingerprint density at radius 2 is 1.75 bits per heavy atom. The maximum Gasteiger partial charge on any atom is 0.306 e. The van der Waals surface area contributed by atoms with Crippen LogP contribution in [0.4, 0.5) is 8.78 Å². The molecule has 40 heavy (non-hydrogen) atoms. The molecule has 4 nitrogen and oxygen atoms in total. The van der Waals surface area contributed by atoms with E-state index in [4.69, 9.17) is 14.2 Å². The molecule has 210 valence electrons. The second-order valence-corrected chi connectivity index (χ2v) is 11.5. The molecule has 0 aliphatic heterocycles. The summed E-state index contributed by atoms with van der Waals surface area (Å²) in [7, 11) is 2.93. The van der Waals surface area contributed by atoms with Gasteiger partial charge in [0, 0.05) is 11.1 Å². The standard InChI is InChI=1S/C34H36F2O4/c1-34(2)14-6-9-30(34)28-16-23(32(36)18-27(28)29-17-24(38-3)12-13-31(29)35)20-40-25-8-5-7-22(15-25)26(21-10-11-21)19-33(37)39-4/h5,7-9,12-13,15-18,21,26H,6,10-11,14,19-20H2,1-4H3/t26-/m1/s1. The summed E-state index contributed by atoms with van der Waals surface area (Å²) in [6.45, 7) is 4.34. The molecular weight excluding hydrogens is 510 g/mol. The summed E-state index contributed by atoms with van der Waals surface area (Å²) in [4.78, 5) is 12.0. The van der Waals surface area contributed by atoms with E-state index in [1.54, 1.807) is 18.2 Å². The summed E-state index contributed by atoms with van der Waals surface area (Å²) in [5, 5.41) is 0. The van der Waals surface area contributed by atoms with Gasteiger partial charge in [-0.3, -0.25) is 4.79 Å². The molecule has 3 aromatic rings. The highest BCUT2D eigenvalue weighted by molar-refractivity contribution is 5.85. The zero-order valence-corrected chi connectivity index (χ0v) is 23.6. The highest BCUT2D eigenvalue weighted by Crippen LogP contribution is 2.48. The molecular formula is C34H36F2O4. The van der Waals surface area contributed by atoms with Crippen LogP contribution >= 0.6 is 0 Å². The third-order valence-corrected chi connectivity index (χ3v) is 8.27. The van der Waals surface area contributed by atoms with Gasteiger partial charge in [0.25, 0.3) is 0 Å². The molecule has 2 aliphatic rings. The van der Waals surface area contributed by atoms with Crippen LogP contribution in [0.15, 0.2) is 60.7 Å². The van der Waals surface area contributed by atoms with Gasteiger partial charge in [0.2, 0.25) is 0 Å². The average molecular weight is 547 g/mol. The van der Waals surface area contributed by atoms with Crippen LogP contribution in [0.2, 0.25) is 0 Å². The van der Waals surface area contributed by atoms with Crippen molar-refractivity contribution in [2.45, 2.75) is 58.5 Å². The van der Waals surface area contributed by atoms with Crippen molar-refractivity contribution in [3.8, 4) is 22.6 Å². The third kappa shape index (κ3) is 5.91. The molecule has 0 unspecified atom stereocenters. The Morgan fingerprint density at radius 3 is 2.42 bits per heavy atom. The van der Waals surface area contributed by atoms with Gasteiger partial charge in [-0.25, -0.2) is 8.78 Å². The largest absolute Gasteiger partial charge is 0.497 e. The number of carbonyl (C=O) groups is 1. The Balaban J connectivity index is 1.47. The van der Waals surface area contributed by atoms with Crippen LogP contribution in [0.5, 0.6) is 11.5 Å². The summed E-state index contributed by atoms with van der Waals surface area (Å²) in [6.07, 6.45) is 6.55. The average Bonchev–Trinajstić information content (AvgIpc) is 3.73. The Hall–Kier alpha value is -3.67. The molecule has 0 amide bonds. The van der Waals surface area contributed by atoms with E-state index in [0.717, 1.165) is 42.4 Å². The number of carbonyl (C=O) groups excluding carboxylic acids is 1. The van der Waals surface area contributed by atoms with Crippen molar-refractivity contribution in [1.29, 1.82) is 0 Å². The second-order valence-electron chi connectivity index (χ2n) is 11.5. The molecule has 1 fully saturated rings. The number of methoxy groups -OCH3 is 2. The molecule has 0 aromatic heterocycles. The van der Waals surface area contributed by atoms with Gasteiger partial charge >= 0.3 is 5.97 Å². The molecule has 0 radical (unpaired) electrons. The van der Waals surface area contributed by atoms with E-state index in [1.165, 1.54) is 26.4 Å². The van der Waals surface area contributed by atoms with Crippen LogP contribution in [0.25, 0.3) is 16.7 Å². The molecule has 2 aliphatic carbocycles.